The van der Waals surface area contributed by atoms with Crippen LogP contribution >= 0.6 is 11.3 Å². The number of rotatable bonds is 4. The molecule has 0 saturated heterocycles. The molecule has 0 aliphatic carbocycles. The monoisotopic (exact) mass is 236 g/mol. The van der Waals surface area contributed by atoms with Gasteiger partial charge >= 0.3 is 0 Å². The minimum Gasteiger partial charge on any atom is -0.379 e. The van der Waals surface area contributed by atoms with Gasteiger partial charge in [-0.1, -0.05) is 12.1 Å². The quantitative estimate of drug-likeness (QED) is 0.856. The number of hydrogen-bond acceptors (Lipinski definition) is 3. The third-order valence-corrected chi connectivity index (χ3v) is 3.27. The molecule has 2 aromatic rings. The van der Waals surface area contributed by atoms with Crippen LogP contribution < -0.4 is 11.1 Å². The van der Waals surface area contributed by atoms with Gasteiger partial charge in [0.25, 0.3) is 0 Å². The van der Waals surface area contributed by atoms with E-state index in [9.17, 15) is 4.39 Å². The second kappa shape index (κ2) is 5.09. The van der Waals surface area contributed by atoms with Gasteiger partial charge in [0.1, 0.15) is 5.82 Å². The van der Waals surface area contributed by atoms with Crippen LogP contribution in [-0.4, -0.2) is 0 Å². The Morgan fingerprint density at radius 3 is 2.81 bits per heavy atom. The first-order valence-electron chi connectivity index (χ1n) is 5.04. The summed E-state index contributed by atoms with van der Waals surface area (Å²) in [5.41, 5.74) is 7.19. The number of halogens is 1. The van der Waals surface area contributed by atoms with Crippen LogP contribution in [0.4, 0.5) is 10.1 Å². The van der Waals surface area contributed by atoms with Crippen LogP contribution in [0.3, 0.4) is 0 Å². The molecule has 1 heterocycles. The fraction of sp³-hybridized carbons (Fsp3) is 0.167. The highest BCUT2D eigenvalue weighted by Crippen LogP contribution is 2.17. The predicted octanol–water partition coefficient (Wildman–Crippen LogP) is 2.96. The van der Waals surface area contributed by atoms with Crippen molar-refractivity contribution >= 4 is 17.0 Å². The lowest BCUT2D eigenvalue weighted by Gasteiger charge is -2.05. The average Bonchev–Trinajstić information content (AvgIpc) is 2.76. The first kappa shape index (κ1) is 11.1. The van der Waals surface area contributed by atoms with E-state index in [1.807, 2.05) is 17.5 Å². The molecular weight excluding hydrogens is 223 g/mol. The summed E-state index contributed by atoms with van der Waals surface area (Å²) < 4.78 is 13.3. The Morgan fingerprint density at radius 2 is 2.12 bits per heavy atom. The van der Waals surface area contributed by atoms with Gasteiger partial charge in [0.05, 0.1) is 5.69 Å². The van der Waals surface area contributed by atoms with Crippen molar-refractivity contribution in [2.75, 3.05) is 5.32 Å². The highest BCUT2D eigenvalue weighted by Gasteiger charge is 2.01. The number of benzene rings is 1. The lowest BCUT2D eigenvalue weighted by Crippen LogP contribution is -2.00. The summed E-state index contributed by atoms with van der Waals surface area (Å²) in [5.74, 6) is -0.225. The summed E-state index contributed by atoms with van der Waals surface area (Å²) >= 11 is 1.63. The van der Waals surface area contributed by atoms with Gasteiger partial charge < -0.3 is 11.1 Å². The molecular formula is C12H13FN2S. The van der Waals surface area contributed by atoms with E-state index in [0.717, 1.165) is 10.4 Å². The Balaban J connectivity index is 1.99. The number of anilines is 1. The van der Waals surface area contributed by atoms with E-state index in [0.29, 0.717) is 18.8 Å². The zero-order chi connectivity index (χ0) is 11.4. The van der Waals surface area contributed by atoms with E-state index in [4.69, 9.17) is 5.73 Å². The van der Waals surface area contributed by atoms with Gasteiger partial charge in [-0.05, 0) is 29.1 Å². The van der Waals surface area contributed by atoms with Crippen molar-refractivity contribution < 1.29 is 4.39 Å². The Hall–Kier alpha value is -1.39. The fourth-order valence-corrected chi connectivity index (χ4v) is 2.20. The van der Waals surface area contributed by atoms with Crippen molar-refractivity contribution in [3.8, 4) is 0 Å². The predicted molar refractivity (Wildman–Crippen MR) is 65.9 cm³/mol. The molecule has 0 radical (unpaired) electrons. The minimum atomic E-state index is -0.225. The van der Waals surface area contributed by atoms with Crippen molar-refractivity contribution in [3.63, 3.8) is 0 Å². The van der Waals surface area contributed by atoms with Gasteiger partial charge in [0.2, 0.25) is 0 Å². The summed E-state index contributed by atoms with van der Waals surface area (Å²) in [5, 5.41) is 5.10. The molecule has 0 fully saturated rings. The normalized spacial score (nSPS) is 10.4. The standard InChI is InChI=1S/C12H13FN2S/c13-11-3-1-2-4-12(11)15-7-9-5-10(6-14)16-8-9/h1-5,8,15H,6-7,14H2. The molecule has 2 nitrogen and oxygen atoms in total. The van der Waals surface area contributed by atoms with Crippen molar-refractivity contribution in [1.29, 1.82) is 0 Å². The molecule has 0 bridgehead atoms. The largest absolute Gasteiger partial charge is 0.379 e. The Kier molecular flexibility index (Phi) is 3.54. The van der Waals surface area contributed by atoms with Crippen molar-refractivity contribution in [3.05, 3.63) is 52.0 Å². The number of para-hydroxylation sites is 1. The Morgan fingerprint density at radius 1 is 1.31 bits per heavy atom. The molecule has 16 heavy (non-hydrogen) atoms. The maximum absolute atomic E-state index is 13.3. The molecule has 1 aromatic carbocycles. The van der Waals surface area contributed by atoms with E-state index >= 15 is 0 Å². The third-order valence-electron chi connectivity index (χ3n) is 2.27. The maximum Gasteiger partial charge on any atom is 0.146 e. The molecule has 0 aliphatic heterocycles. The lowest BCUT2D eigenvalue weighted by molar-refractivity contribution is 0.630. The van der Waals surface area contributed by atoms with Crippen LogP contribution in [-0.2, 0) is 13.1 Å². The fourth-order valence-electron chi connectivity index (χ4n) is 1.43. The molecule has 2 rings (SSSR count). The van der Waals surface area contributed by atoms with Gasteiger partial charge in [-0.25, -0.2) is 4.39 Å². The van der Waals surface area contributed by atoms with Gasteiger partial charge in [0, 0.05) is 18.0 Å². The van der Waals surface area contributed by atoms with Crippen LogP contribution in [0.1, 0.15) is 10.4 Å². The summed E-state index contributed by atoms with van der Waals surface area (Å²) in [6, 6.07) is 8.70. The zero-order valence-corrected chi connectivity index (χ0v) is 9.56. The summed E-state index contributed by atoms with van der Waals surface area (Å²) in [6.07, 6.45) is 0. The lowest BCUT2D eigenvalue weighted by atomic mass is 10.2. The molecule has 0 saturated carbocycles. The van der Waals surface area contributed by atoms with Crippen LogP contribution in [0.2, 0.25) is 0 Å². The van der Waals surface area contributed by atoms with Gasteiger partial charge in [-0.15, -0.1) is 11.3 Å². The summed E-state index contributed by atoms with van der Waals surface area (Å²) in [7, 11) is 0. The average molecular weight is 236 g/mol. The Bertz CT molecular complexity index is 468. The van der Waals surface area contributed by atoms with E-state index in [1.165, 1.54) is 6.07 Å². The first-order chi connectivity index (χ1) is 7.79. The topological polar surface area (TPSA) is 38.0 Å². The SMILES string of the molecule is NCc1cc(CNc2ccccc2F)cs1. The smallest absolute Gasteiger partial charge is 0.146 e. The van der Waals surface area contributed by atoms with Crippen molar-refractivity contribution in [2.45, 2.75) is 13.1 Å². The third kappa shape index (κ3) is 2.59. The summed E-state index contributed by atoms with van der Waals surface area (Å²) in [4.78, 5) is 1.14. The van der Waals surface area contributed by atoms with Crippen molar-refractivity contribution in [1.82, 2.24) is 0 Å². The highest BCUT2D eigenvalue weighted by atomic mass is 32.1. The van der Waals surface area contributed by atoms with Crippen LogP contribution in [0.25, 0.3) is 0 Å². The Labute approximate surface area is 97.9 Å². The highest BCUT2D eigenvalue weighted by molar-refractivity contribution is 7.10. The van der Waals surface area contributed by atoms with Crippen LogP contribution in [0, 0.1) is 5.82 Å². The molecule has 4 heteroatoms. The van der Waals surface area contributed by atoms with E-state index < -0.39 is 0 Å². The van der Waals surface area contributed by atoms with Crippen molar-refractivity contribution in [2.24, 2.45) is 5.73 Å². The van der Waals surface area contributed by atoms with E-state index in [2.05, 4.69) is 5.32 Å². The second-order valence-electron chi connectivity index (χ2n) is 3.46. The number of hydrogen-bond donors (Lipinski definition) is 2. The van der Waals surface area contributed by atoms with E-state index in [1.54, 1.807) is 23.5 Å². The molecule has 0 unspecified atom stereocenters. The molecule has 0 aliphatic rings. The minimum absolute atomic E-state index is 0.225. The van der Waals surface area contributed by atoms with Gasteiger partial charge in [0.15, 0.2) is 0 Å². The second-order valence-corrected chi connectivity index (χ2v) is 4.45. The molecule has 84 valence electrons. The van der Waals surface area contributed by atoms with Gasteiger partial charge in [-0.2, -0.15) is 0 Å². The molecule has 0 atom stereocenters. The molecule has 1 aromatic heterocycles. The number of nitrogens with one attached hydrogen (secondary N) is 1. The maximum atomic E-state index is 13.3. The first-order valence-corrected chi connectivity index (χ1v) is 5.92. The zero-order valence-electron chi connectivity index (χ0n) is 8.74. The van der Waals surface area contributed by atoms with E-state index in [-0.39, 0.29) is 5.82 Å². The number of thiophene rings is 1. The molecule has 3 N–H and O–H groups in total. The number of nitrogens with two attached hydrogens (primary N) is 1. The molecule has 0 spiro atoms. The summed E-state index contributed by atoms with van der Waals surface area (Å²) in [6.45, 7) is 1.18. The van der Waals surface area contributed by atoms with Gasteiger partial charge in [-0.3, -0.25) is 0 Å². The van der Waals surface area contributed by atoms with Crippen LogP contribution in [0.15, 0.2) is 35.7 Å². The molecule has 0 amide bonds. The van der Waals surface area contributed by atoms with Crippen LogP contribution in [0.5, 0.6) is 0 Å².